The summed E-state index contributed by atoms with van der Waals surface area (Å²) < 4.78 is 1.91. The van der Waals surface area contributed by atoms with E-state index in [0.717, 1.165) is 18.1 Å². The number of hydrogen-bond acceptors (Lipinski definition) is 3. The average Bonchev–Trinajstić information content (AvgIpc) is 2.42. The van der Waals surface area contributed by atoms with E-state index in [2.05, 4.69) is 23.9 Å². The maximum atomic E-state index is 5.94. The highest BCUT2D eigenvalue weighted by molar-refractivity contribution is 4.91. The predicted molar refractivity (Wildman–Crippen MR) is 52.5 cm³/mol. The van der Waals surface area contributed by atoms with Crippen LogP contribution in [-0.4, -0.2) is 20.8 Å². The summed E-state index contributed by atoms with van der Waals surface area (Å²) in [6.45, 7) is 8.02. The highest BCUT2D eigenvalue weighted by Gasteiger charge is 2.15. The van der Waals surface area contributed by atoms with Gasteiger partial charge in [0.05, 0.1) is 6.04 Å². The van der Waals surface area contributed by atoms with Crippen LogP contribution in [0.25, 0.3) is 0 Å². The first-order chi connectivity index (χ1) is 6.06. The highest BCUT2D eigenvalue weighted by atomic mass is 15.4. The quantitative estimate of drug-likeness (QED) is 0.764. The molecule has 0 aliphatic rings. The largest absolute Gasteiger partial charge is 0.326 e. The lowest BCUT2D eigenvalue weighted by molar-refractivity contribution is 0.389. The normalized spacial score (nSPS) is 15.8. The fourth-order valence-corrected chi connectivity index (χ4v) is 1.44. The lowest BCUT2D eigenvalue weighted by atomic mass is 10.1. The van der Waals surface area contributed by atoms with Crippen molar-refractivity contribution in [1.29, 1.82) is 0 Å². The molecule has 0 spiro atoms. The van der Waals surface area contributed by atoms with E-state index in [4.69, 9.17) is 5.73 Å². The highest BCUT2D eigenvalue weighted by Crippen LogP contribution is 2.12. The van der Waals surface area contributed by atoms with Crippen molar-refractivity contribution in [3.05, 3.63) is 11.6 Å². The Bertz CT molecular complexity index is 279. The van der Waals surface area contributed by atoms with Gasteiger partial charge in [-0.1, -0.05) is 6.92 Å². The summed E-state index contributed by atoms with van der Waals surface area (Å²) in [4.78, 5) is 4.25. The third-order valence-corrected chi connectivity index (χ3v) is 2.38. The number of aryl methyl sites for hydroxylation is 2. The SMILES string of the molecule is CCC(N)C(C)n1nc(C)nc1C. The molecule has 0 amide bonds. The second-order valence-electron chi connectivity index (χ2n) is 3.46. The Morgan fingerprint density at radius 1 is 1.46 bits per heavy atom. The van der Waals surface area contributed by atoms with Gasteiger partial charge in [-0.25, -0.2) is 9.67 Å². The van der Waals surface area contributed by atoms with Crippen molar-refractivity contribution >= 4 is 0 Å². The molecule has 2 unspecified atom stereocenters. The Balaban J connectivity index is 2.87. The molecule has 1 rings (SSSR count). The molecule has 0 saturated heterocycles. The van der Waals surface area contributed by atoms with Crippen LogP contribution in [0.5, 0.6) is 0 Å². The number of aromatic nitrogens is 3. The van der Waals surface area contributed by atoms with E-state index in [1.54, 1.807) is 0 Å². The molecule has 0 aliphatic carbocycles. The van der Waals surface area contributed by atoms with E-state index >= 15 is 0 Å². The summed E-state index contributed by atoms with van der Waals surface area (Å²) in [5.41, 5.74) is 5.94. The molecule has 0 fully saturated rings. The Labute approximate surface area is 79.2 Å². The Morgan fingerprint density at radius 3 is 2.46 bits per heavy atom. The number of rotatable bonds is 3. The Morgan fingerprint density at radius 2 is 2.08 bits per heavy atom. The van der Waals surface area contributed by atoms with Gasteiger partial charge in [-0.2, -0.15) is 5.10 Å². The monoisotopic (exact) mass is 182 g/mol. The molecule has 4 heteroatoms. The zero-order valence-electron chi connectivity index (χ0n) is 8.78. The lowest BCUT2D eigenvalue weighted by Crippen LogP contribution is -2.30. The molecule has 2 N–H and O–H groups in total. The van der Waals surface area contributed by atoms with Crippen LogP contribution in [0.4, 0.5) is 0 Å². The number of nitrogens with two attached hydrogens (primary N) is 1. The van der Waals surface area contributed by atoms with Crippen LogP contribution < -0.4 is 5.73 Å². The van der Waals surface area contributed by atoms with Crippen LogP contribution >= 0.6 is 0 Å². The third kappa shape index (κ3) is 2.06. The first-order valence-electron chi connectivity index (χ1n) is 4.71. The van der Waals surface area contributed by atoms with Crippen LogP contribution in [-0.2, 0) is 0 Å². The van der Waals surface area contributed by atoms with E-state index in [-0.39, 0.29) is 12.1 Å². The number of nitrogens with zero attached hydrogens (tertiary/aromatic N) is 3. The van der Waals surface area contributed by atoms with E-state index in [9.17, 15) is 0 Å². The molecule has 1 heterocycles. The third-order valence-electron chi connectivity index (χ3n) is 2.38. The topological polar surface area (TPSA) is 56.7 Å². The maximum absolute atomic E-state index is 5.94. The summed E-state index contributed by atoms with van der Waals surface area (Å²) in [5.74, 6) is 1.75. The molecule has 74 valence electrons. The smallest absolute Gasteiger partial charge is 0.147 e. The minimum atomic E-state index is 0.153. The molecule has 1 aromatic heterocycles. The van der Waals surface area contributed by atoms with Gasteiger partial charge < -0.3 is 5.73 Å². The Hall–Kier alpha value is -0.900. The molecular weight excluding hydrogens is 164 g/mol. The standard InChI is InChI=1S/C9H18N4/c1-5-9(10)6(2)13-8(4)11-7(3)12-13/h6,9H,5,10H2,1-4H3. The maximum Gasteiger partial charge on any atom is 0.147 e. The van der Waals surface area contributed by atoms with E-state index in [1.165, 1.54) is 0 Å². The van der Waals surface area contributed by atoms with Crippen molar-refractivity contribution in [2.45, 2.75) is 46.2 Å². The lowest BCUT2D eigenvalue weighted by Gasteiger charge is -2.19. The molecular formula is C9H18N4. The van der Waals surface area contributed by atoms with Gasteiger partial charge in [-0.15, -0.1) is 0 Å². The Kier molecular flexibility index (Phi) is 3.03. The van der Waals surface area contributed by atoms with Crippen molar-refractivity contribution in [2.24, 2.45) is 5.73 Å². The molecule has 13 heavy (non-hydrogen) atoms. The first-order valence-corrected chi connectivity index (χ1v) is 4.71. The first kappa shape index (κ1) is 10.2. The van der Waals surface area contributed by atoms with Crippen molar-refractivity contribution < 1.29 is 0 Å². The van der Waals surface area contributed by atoms with E-state index < -0.39 is 0 Å². The second-order valence-corrected chi connectivity index (χ2v) is 3.46. The van der Waals surface area contributed by atoms with E-state index in [0.29, 0.717) is 0 Å². The molecule has 0 radical (unpaired) electrons. The van der Waals surface area contributed by atoms with Crippen LogP contribution in [0.2, 0.25) is 0 Å². The van der Waals surface area contributed by atoms with Crippen LogP contribution in [0.15, 0.2) is 0 Å². The fourth-order valence-electron chi connectivity index (χ4n) is 1.44. The average molecular weight is 182 g/mol. The van der Waals surface area contributed by atoms with E-state index in [1.807, 2.05) is 18.5 Å². The van der Waals surface area contributed by atoms with Gasteiger partial charge in [0.15, 0.2) is 0 Å². The summed E-state index contributed by atoms with van der Waals surface area (Å²) in [6, 6.07) is 0.381. The summed E-state index contributed by atoms with van der Waals surface area (Å²) in [7, 11) is 0. The molecule has 1 aromatic rings. The van der Waals surface area contributed by atoms with Gasteiger partial charge in [0, 0.05) is 6.04 Å². The van der Waals surface area contributed by atoms with Crippen molar-refractivity contribution in [3.8, 4) is 0 Å². The van der Waals surface area contributed by atoms with Crippen LogP contribution in [0.3, 0.4) is 0 Å². The van der Waals surface area contributed by atoms with Crippen molar-refractivity contribution in [3.63, 3.8) is 0 Å². The van der Waals surface area contributed by atoms with Gasteiger partial charge in [-0.05, 0) is 27.2 Å². The van der Waals surface area contributed by atoms with Gasteiger partial charge in [0.25, 0.3) is 0 Å². The molecule has 0 saturated carbocycles. The van der Waals surface area contributed by atoms with Crippen LogP contribution in [0, 0.1) is 13.8 Å². The van der Waals surface area contributed by atoms with Gasteiger partial charge in [0.2, 0.25) is 0 Å². The summed E-state index contributed by atoms with van der Waals surface area (Å²) in [5, 5.41) is 4.30. The van der Waals surface area contributed by atoms with Gasteiger partial charge in [0.1, 0.15) is 11.6 Å². The molecule has 0 bridgehead atoms. The summed E-state index contributed by atoms with van der Waals surface area (Å²) in [6.07, 6.45) is 0.958. The molecule has 0 aromatic carbocycles. The van der Waals surface area contributed by atoms with Crippen molar-refractivity contribution in [1.82, 2.24) is 14.8 Å². The molecule has 4 nitrogen and oxygen atoms in total. The van der Waals surface area contributed by atoms with Crippen molar-refractivity contribution in [2.75, 3.05) is 0 Å². The predicted octanol–water partition coefficient (Wildman–Crippen LogP) is 1.19. The minimum Gasteiger partial charge on any atom is -0.326 e. The van der Waals surface area contributed by atoms with Crippen LogP contribution in [0.1, 0.15) is 38.0 Å². The molecule has 2 atom stereocenters. The van der Waals surface area contributed by atoms with Gasteiger partial charge in [-0.3, -0.25) is 0 Å². The zero-order valence-corrected chi connectivity index (χ0v) is 8.78. The second kappa shape index (κ2) is 3.87. The number of hydrogen-bond donors (Lipinski definition) is 1. The zero-order chi connectivity index (χ0) is 10.0. The fraction of sp³-hybridized carbons (Fsp3) is 0.778. The summed E-state index contributed by atoms with van der Waals surface area (Å²) >= 11 is 0. The molecule has 0 aliphatic heterocycles. The van der Waals surface area contributed by atoms with Gasteiger partial charge >= 0.3 is 0 Å². The minimum absolute atomic E-state index is 0.153.